The van der Waals surface area contributed by atoms with Crippen molar-refractivity contribution in [2.45, 2.75) is 26.2 Å². The van der Waals surface area contributed by atoms with Gasteiger partial charge in [0.2, 0.25) is 24.4 Å². The molecule has 7 heteroatoms. The quantitative estimate of drug-likeness (QED) is 0.694. The summed E-state index contributed by atoms with van der Waals surface area (Å²) in [6.07, 6.45) is 0.357. The molecule has 0 bridgehead atoms. The Morgan fingerprint density at radius 3 is 2.79 bits per heavy atom. The highest BCUT2D eigenvalue weighted by atomic mass is 16.7. The summed E-state index contributed by atoms with van der Waals surface area (Å²) >= 11 is 0. The van der Waals surface area contributed by atoms with Crippen LogP contribution >= 0.6 is 0 Å². The van der Waals surface area contributed by atoms with Gasteiger partial charge in [0.05, 0.1) is 5.92 Å². The lowest BCUT2D eigenvalue weighted by atomic mass is 10.1. The molecule has 3 aromatic rings. The Morgan fingerprint density at radius 1 is 1.07 bits per heavy atom. The van der Waals surface area contributed by atoms with Crippen molar-refractivity contribution in [2.24, 2.45) is 0 Å². The zero-order valence-corrected chi connectivity index (χ0v) is 15.6. The molecule has 7 nitrogen and oxygen atoms in total. The van der Waals surface area contributed by atoms with Gasteiger partial charge in [-0.25, -0.2) is 0 Å². The molecule has 1 aromatic heterocycles. The summed E-state index contributed by atoms with van der Waals surface area (Å²) in [5.41, 5.74) is 3.98. The fourth-order valence-electron chi connectivity index (χ4n) is 3.77. The van der Waals surface area contributed by atoms with Crippen molar-refractivity contribution >= 4 is 11.6 Å². The van der Waals surface area contributed by atoms with Crippen LogP contribution in [0.15, 0.2) is 40.9 Å². The van der Waals surface area contributed by atoms with Gasteiger partial charge in [-0.3, -0.25) is 4.79 Å². The maximum atomic E-state index is 12.6. The minimum atomic E-state index is -0.122. The van der Waals surface area contributed by atoms with E-state index in [1.165, 1.54) is 5.56 Å². The fraction of sp³-hybridized carbons (Fsp3) is 0.286. The third kappa shape index (κ3) is 2.79. The van der Waals surface area contributed by atoms with Gasteiger partial charge in [0.1, 0.15) is 0 Å². The van der Waals surface area contributed by atoms with Gasteiger partial charge in [0.25, 0.3) is 0 Å². The first kappa shape index (κ1) is 16.8. The number of ether oxygens (including phenoxy) is 2. The molecule has 0 unspecified atom stereocenters. The first-order valence-electron chi connectivity index (χ1n) is 9.20. The maximum absolute atomic E-state index is 12.6. The first-order chi connectivity index (χ1) is 13.6. The normalized spacial score (nSPS) is 18.1. The van der Waals surface area contributed by atoms with Gasteiger partial charge in [-0.2, -0.15) is 4.98 Å². The van der Waals surface area contributed by atoms with E-state index in [9.17, 15) is 4.79 Å². The fourth-order valence-corrected chi connectivity index (χ4v) is 3.77. The summed E-state index contributed by atoms with van der Waals surface area (Å²) < 4.78 is 16.2. The molecule has 0 saturated carbocycles. The van der Waals surface area contributed by atoms with Crippen LogP contribution in [0.5, 0.6) is 11.5 Å². The monoisotopic (exact) mass is 377 g/mol. The number of benzene rings is 2. The van der Waals surface area contributed by atoms with Crippen molar-refractivity contribution in [3.63, 3.8) is 0 Å². The molecule has 142 valence electrons. The molecule has 2 aliphatic heterocycles. The zero-order valence-electron chi connectivity index (χ0n) is 15.6. The highest BCUT2D eigenvalue weighted by molar-refractivity contribution is 5.97. The Balaban J connectivity index is 1.38. The van der Waals surface area contributed by atoms with Gasteiger partial charge in [0, 0.05) is 24.2 Å². The molecule has 1 atom stereocenters. The Bertz CT molecular complexity index is 1080. The molecule has 28 heavy (non-hydrogen) atoms. The van der Waals surface area contributed by atoms with Crippen LogP contribution in [0.4, 0.5) is 5.69 Å². The summed E-state index contributed by atoms with van der Waals surface area (Å²) in [4.78, 5) is 18.9. The highest BCUT2D eigenvalue weighted by Gasteiger charge is 2.35. The smallest absolute Gasteiger partial charge is 0.232 e. The van der Waals surface area contributed by atoms with Crippen molar-refractivity contribution in [3.05, 3.63) is 53.4 Å². The topological polar surface area (TPSA) is 77.7 Å². The Labute approximate surface area is 161 Å². The van der Waals surface area contributed by atoms with Gasteiger partial charge in [-0.15, -0.1) is 0 Å². The van der Waals surface area contributed by atoms with Crippen LogP contribution in [0.2, 0.25) is 0 Å². The number of fused-ring (bicyclic) bond motifs is 1. The van der Waals surface area contributed by atoms with E-state index < -0.39 is 0 Å². The van der Waals surface area contributed by atoms with E-state index in [0.717, 1.165) is 16.8 Å². The summed E-state index contributed by atoms with van der Waals surface area (Å²) in [7, 11) is 0. The van der Waals surface area contributed by atoms with Crippen LogP contribution in [-0.2, 0) is 4.79 Å². The Morgan fingerprint density at radius 2 is 1.93 bits per heavy atom. The van der Waals surface area contributed by atoms with E-state index in [1.807, 2.05) is 49.1 Å². The molecule has 0 radical (unpaired) electrons. The van der Waals surface area contributed by atoms with E-state index in [0.29, 0.717) is 36.2 Å². The second kappa shape index (κ2) is 6.37. The van der Waals surface area contributed by atoms with Crippen molar-refractivity contribution in [2.75, 3.05) is 18.2 Å². The average molecular weight is 377 g/mol. The van der Waals surface area contributed by atoms with Crippen molar-refractivity contribution in [1.82, 2.24) is 10.1 Å². The van der Waals surface area contributed by atoms with Gasteiger partial charge in [-0.1, -0.05) is 22.9 Å². The SMILES string of the molecule is Cc1ccc(N2C[C@@H](c3nc(-c4ccc5c(c4)OCO5)no3)CC2=O)c(C)c1. The lowest BCUT2D eigenvalue weighted by molar-refractivity contribution is -0.117. The van der Waals surface area contributed by atoms with Crippen molar-refractivity contribution < 1.29 is 18.8 Å². The van der Waals surface area contributed by atoms with Crippen LogP contribution in [-0.4, -0.2) is 29.4 Å². The second-order valence-corrected chi connectivity index (χ2v) is 7.22. The number of aryl methyl sites for hydroxylation is 2. The van der Waals surface area contributed by atoms with Crippen LogP contribution in [0, 0.1) is 13.8 Å². The number of anilines is 1. The highest BCUT2D eigenvalue weighted by Crippen LogP contribution is 2.37. The summed E-state index contributed by atoms with van der Waals surface area (Å²) in [5.74, 6) is 2.28. The predicted molar refractivity (Wildman–Crippen MR) is 101 cm³/mol. The van der Waals surface area contributed by atoms with E-state index in [2.05, 4.69) is 16.2 Å². The number of aromatic nitrogens is 2. The van der Waals surface area contributed by atoms with Crippen LogP contribution < -0.4 is 14.4 Å². The van der Waals surface area contributed by atoms with Gasteiger partial charge >= 0.3 is 0 Å². The molecule has 1 saturated heterocycles. The van der Waals surface area contributed by atoms with Gasteiger partial charge in [-0.05, 0) is 43.7 Å². The molecule has 5 rings (SSSR count). The molecule has 0 spiro atoms. The van der Waals surface area contributed by atoms with E-state index in [-0.39, 0.29) is 18.6 Å². The molecule has 0 aliphatic carbocycles. The predicted octanol–water partition coefficient (Wildman–Crippen LogP) is 3.60. The molecule has 0 N–H and O–H groups in total. The van der Waals surface area contributed by atoms with Gasteiger partial charge < -0.3 is 18.9 Å². The maximum Gasteiger partial charge on any atom is 0.232 e. The van der Waals surface area contributed by atoms with Crippen LogP contribution in [0.25, 0.3) is 11.4 Å². The summed E-state index contributed by atoms with van der Waals surface area (Å²) in [6.45, 7) is 4.81. The standard InChI is InChI=1S/C21H19N3O4/c1-12-3-5-16(13(2)7-12)24-10-15(9-19(24)25)21-22-20(23-28-21)14-4-6-17-18(8-14)27-11-26-17/h3-8,15H,9-11H2,1-2H3/t15-/m0/s1. The van der Waals surface area contributed by atoms with E-state index >= 15 is 0 Å². The third-order valence-corrected chi connectivity index (χ3v) is 5.19. The van der Waals surface area contributed by atoms with Crippen molar-refractivity contribution in [1.29, 1.82) is 0 Å². The molecule has 1 fully saturated rings. The largest absolute Gasteiger partial charge is 0.454 e. The van der Waals surface area contributed by atoms with E-state index in [1.54, 1.807) is 0 Å². The van der Waals surface area contributed by atoms with Crippen LogP contribution in [0.1, 0.15) is 29.4 Å². The van der Waals surface area contributed by atoms with Gasteiger partial charge in [0.15, 0.2) is 11.5 Å². The van der Waals surface area contributed by atoms with Crippen molar-refractivity contribution in [3.8, 4) is 22.9 Å². The number of carbonyl (C=O) groups is 1. The number of hydrogen-bond donors (Lipinski definition) is 0. The Kier molecular flexibility index (Phi) is 3.82. The molecule has 2 aliphatic rings. The minimum Gasteiger partial charge on any atom is -0.454 e. The lowest BCUT2D eigenvalue weighted by Gasteiger charge is -2.19. The molecular formula is C21H19N3O4. The second-order valence-electron chi connectivity index (χ2n) is 7.22. The summed E-state index contributed by atoms with van der Waals surface area (Å²) in [5, 5.41) is 4.10. The number of rotatable bonds is 3. The Hall–Kier alpha value is -3.35. The molecular weight excluding hydrogens is 358 g/mol. The third-order valence-electron chi connectivity index (χ3n) is 5.19. The first-order valence-corrected chi connectivity index (χ1v) is 9.20. The van der Waals surface area contributed by atoms with E-state index in [4.69, 9.17) is 14.0 Å². The van der Waals surface area contributed by atoms with Crippen LogP contribution in [0.3, 0.4) is 0 Å². The summed E-state index contributed by atoms with van der Waals surface area (Å²) in [6, 6.07) is 11.6. The molecule has 1 amide bonds. The number of nitrogens with zero attached hydrogens (tertiary/aromatic N) is 3. The zero-order chi connectivity index (χ0) is 19.3. The minimum absolute atomic E-state index is 0.0692. The lowest BCUT2D eigenvalue weighted by Crippen LogP contribution is -2.25. The molecule has 3 heterocycles. The number of carbonyl (C=O) groups excluding carboxylic acids is 1. The number of hydrogen-bond acceptors (Lipinski definition) is 6. The average Bonchev–Trinajstić information content (AvgIpc) is 3.40. The number of amides is 1. The molecule has 2 aromatic carbocycles.